The number of benzene rings is 1. The van der Waals surface area contributed by atoms with Crippen LogP contribution in [0.1, 0.15) is 42.6 Å². The second kappa shape index (κ2) is 4.26. The van der Waals surface area contributed by atoms with Crippen LogP contribution in [0.4, 0.5) is 0 Å². The summed E-state index contributed by atoms with van der Waals surface area (Å²) in [5.41, 5.74) is 3.70. The minimum Gasteiger partial charge on any atom is -0.348 e. The Bertz CT molecular complexity index is 611. The number of rotatable bonds is 2. The van der Waals surface area contributed by atoms with Crippen molar-refractivity contribution in [1.29, 1.82) is 0 Å². The highest BCUT2D eigenvalue weighted by molar-refractivity contribution is 6.34. The molecule has 100 valence electrons. The van der Waals surface area contributed by atoms with Crippen LogP contribution in [0.2, 0.25) is 10.0 Å². The molecular formula is C15H16Cl2N2. The summed E-state index contributed by atoms with van der Waals surface area (Å²) in [5.74, 6) is 0.846. The molecule has 3 rings (SSSR count). The monoisotopic (exact) mass is 294 g/mol. The molecule has 1 aromatic heterocycles. The molecule has 0 aliphatic heterocycles. The lowest BCUT2D eigenvalue weighted by Crippen LogP contribution is -1.92. The van der Waals surface area contributed by atoms with E-state index in [1.807, 2.05) is 12.1 Å². The first-order chi connectivity index (χ1) is 8.91. The molecule has 1 aliphatic rings. The molecule has 4 heteroatoms. The quantitative estimate of drug-likeness (QED) is 0.836. The second-order valence-corrected chi connectivity index (χ2v) is 6.77. The summed E-state index contributed by atoms with van der Waals surface area (Å²) in [6.45, 7) is 6.61. The van der Waals surface area contributed by atoms with Crippen LogP contribution in [0.15, 0.2) is 24.5 Å². The molecule has 19 heavy (non-hydrogen) atoms. The second-order valence-electron chi connectivity index (χ2n) is 5.89. The van der Waals surface area contributed by atoms with E-state index in [1.54, 1.807) is 12.4 Å². The van der Waals surface area contributed by atoms with Crippen molar-refractivity contribution in [1.82, 2.24) is 9.97 Å². The van der Waals surface area contributed by atoms with E-state index in [-0.39, 0.29) is 5.41 Å². The minimum atomic E-state index is 0.188. The minimum absolute atomic E-state index is 0.188. The fourth-order valence-corrected chi connectivity index (χ4v) is 3.75. The molecule has 2 aromatic rings. The molecule has 1 aliphatic carbocycles. The molecule has 1 heterocycles. The third kappa shape index (κ3) is 2.07. The van der Waals surface area contributed by atoms with Crippen LogP contribution < -0.4 is 0 Å². The number of hydrogen-bond acceptors (Lipinski definition) is 1. The summed E-state index contributed by atoms with van der Waals surface area (Å²) in [6.07, 6.45) is 1.76. The standard InChI is InChI=1S/C15H16Cl2N2/c1-8-14(19-7-18-8)13-12(15(13,2)3)9-4-10(16)6-11(17)5-9/h4-7,12-13H,1-3H3,(H,18,19)/t12-,13+/m1/s1. The smallest absolute Gasteiger partial charge is 0.0925 e. The van der Waals surface area contributed by atoms with Crippen molar-refractivity contribution in [3.8, 4) is 0 Å². The molecule has 0 spiro atoms. The van der Waals surface area contributed by atoms with E-state index in [2.05, 4.69) is 30.7 Å². The third-order valence-corrected chi connectivity index (χ3v) is 4.67. The number of imidazole rings is 1. The lowest BCUT2D eigenvalue weighted by Gasteiger charge is -2.04. The normalized spacial score (nSPS) is 24.5. The van der Waals surface area contributed by atoms with Crippen molar-refractivity contribution in [2.45, 2.75) is 32.6 Å². The zero-order valence-electron chi connectivity index (χ0n) is 11.2. The van der Waals surface area contributed by atoms with Crippen LogP contribution in [0.5, 0.6) is 0 Å². The summed E-state index contributed by atoms with van der Waals surface area (Å²) < 4.78 is 0. The number of halogens is 2. The molecule has 0 saturated heterocycles. The maximum atomic E-state index is 6.11. The van der Waals surface area contributed by atoms with Gasteiger partial charge >= 0.3 is 0 Å². The molecule has 0 radical (unpaired) electrons. The van der Waals surface area contributed by atoms with Gasteiger partial charge in [-0.2, -0.15) is 0 Å². The van der Waals surface area contributed by atoms with Crippen LogP contribution in [0.3, 0.4) is 0 Å². The van der Waals surface area contributed by atoms with Gasteiger partial charge in [0.2, 0.25) is 0 Å². The molecular weight excluding hydrogens is 279 g/mol. The average molecular weight is 295 g/mol. The molecule has 2 nitrogen and oxygen atoms in total. The molecule has 2 atom stereocenters. The Labute approximate surface area is 123 Å². The van der Waals surface area contributed by atoms with Crippen LogP contribution in [0, 0.1) is 12.3 Å². The van der Waals surface area contributed by atoms with Crippen LogP contribution in [-0.2, 0) is 0 Å². The van der Waals surface area contributed by atoms with Gasteiger partial charge in [0, 0.05) is 21.7 Å². The Morgan fingerprint density at radius 1 is 1.11 bits per heavy atom. The number of aryl methyl sites for hydroxylation is 1. The maximum absolute atomic E-state index is 6.11. The number of H-pyrrole nitrogens is 1. The molecule has 1 aromatic carbocycles. The van der Waals surface area contributed by atoms with E-state index in [0.717, 1.165) is 11.4 Å². The first-order valence-electron chi connectivity index (χ1n) is 6.37. The molecule has 1 N–H and O–H groups in total. The highest BCUT2D eigenvalue weighted by Crippen LogP contribution is 2.70. The molecule has 0 amide bonds. The SMILES string of the molecule is Cc1[nH]cnc1[C@@H]1[C@@H](c2cc(Cl)cc(Cl)c2)C1(C)C. The van der Waals surface area contributed by atoms with Gasteiger partial charge in [-0.3, -0.25) is 0 Å². The van der Waals surface area contributed by atoms with Gasteiger partial charge in [0.15, 0.2) is 0 Å². The first-order valence-corrected chi connectivity index (χ1v) is 7.12. The number of hydrogen-bond donors (Lipinski definition) is 1. The van der Waals surface area contributed by atoms with Crippen molar-refractivity contribution in [2.75, 3.05) is 0 Å². The van der Waals surface area contributed by atoms with Gasteiger partial charge in [0.1, 0.15) is 0 Å². The van der Waals surface area contributed by atoms with E-state index in [9.17, 15) is 0 Å². The Balaban J connectivity index is 2.00. The summed E-state index contributed by atoms with van der Waals surface area (Å²) in [4.78, 5) is 7.63. The Kier molecular flexibility index (Phi) is 2.91. The van der Waals surface area contributed by atoms with Gasteiger partial charge in [-0.15, -0.1) is 0 Å². The van der Waals surface area contributed by atoms with E-state index in [1.165, 1.54) is 5.56 Å². The van der Waals surface area contributed by atoms with E-state index in [4.69, 9.17) is 23.2 Å². The highest BCUT2D eigenvalue weighted by Gasteiger charge is 2.60. The number of aromatic amines is 1. The van der Waals surface area contributed by atoms with Crippen LogP contribution in [-0.4, -0.2) is 9.97 Å². The lowest BCUT2D eigenvalue weighted by atomic mass is 10.0. The molecule has 0 unspecified atom stereocenters. The fourth-order valence-electron chi connectivity index (χ4n) is 3.21. The predicted octanol–water partition coefficient (Wildman–Crippen LogP) is 4.93. The van der Waals surface area contributed by atoms with Crippen LogP contribution in [0.25, 0.3) is 0 Å². The summed E-state index contributed by atoms with van der Waals surface area (Å²) >= 11 is 12.2. The van der Waals surface area contributed by atoms with Gasteiger partial charge in [0.05, 0.1) is 12.0 Å². The summed E-state index contributed by atoms with van der Waals surface area (Å²) in [5, 5.41) is 1.39. The topological polar surface area (TPSA) is 28.7 Å². The van der Waals surface area contributed by atoms with E-state index < -0.39 is 0 Å². The maximum Gasteiger partial charge on any atom is 0.0925 e. The predicted molar refractivity (Wildman–Crippen MR) is 79.0 cm³/mol. The Morgan fingerprint density at radius 2 is 1.74 bits per heavy atom. The van der Waals surface area contributed by atoms with Crippen molar-refractivity contribution in [2.24, 2.45) is 5.41 Å². The molecule has 0 bridgehead atoms. The van der Waals surface area contributed by atoms with Crippen molar-refractivity contribution < 1.29 is 0 Å². The lowest BCUT2D eigenvalue weighted by molar-refractivity contribution is 0.597. The van der Waals surface area contributed by atoms with Gasteiger partial charge in [0.25, 0.3) is 0 Å². The first kappa shape index (κ1) is 13.0. The summed E-state index contributed by atoms with van der Waals surface area (Å²) in [6, 6.07) is 5.81. The van der Waals surface area contributed by atoms with E-state index in [0.29, 0.717) is 21.9 Å². The van der Waals surface area contributed by atoms with E-state index >= 15 is 0 Å². The largest absolute Gasteiger partial charge is 0.348 e. The van der Waals surface area contributed by atoms with Crippen molar-refractivity contribution in [3.05, 3.63) is 51.5 Å². The number of nitrogens with zero attached hydrogens (tertiary/aromatic N) is 1. The zero-order valence-corrected chi connectivity index (χ0v) is 12.7. The average Bonchev–Trinajstić information content (AvgIpc) is 2.63. The van der Waals surface area contributed by atoms with Crippen molar-refractivity contribution in [3.63, 3.8) is 0 Å². The molecule has 1 saturated carbocycles. The number of aromatic nitrogens is 2. The fraction of sp³-hybridized carbons (Fsp3) is 0.400. The Morgan fingerprint density at radius 3 is 2.26 bits per heavy atom. The number of nitrogens with one attached hydrogen (secondary N) is 1. The van der Waals surface area contributed by atoms with Gasteiger partial charge < -0.3 is 4.98 Å². The van der Waals surface area contributed by atoms with Crippen LogP contribution >= 0.6 is 23.2 Å². The van der Waals surface area contributed by atoms with Gasteiger partial charge in [-0.05, 0) is 42.0 Å². The zero-order chi connectivity index (χ0) is 13.8. The van der Waals surface area contributed by atoms with Gasteiger partial charge in [-0.25, -0.2) is 4.98 Å². The highest BCUT2D eigenvalue weighted by atomic mass is 35.5. The Hall–Kier alpha value is -0.990. The van der Waals surface area contributed by atoms with Crippen molar-refractivity contribution >= 4 is 23.2 Å². The van der Waals surface area contributed by atoms with Gasteiger partial charge in [-0.1, -0.05) is 37.0 Å². The third-order valence-electron chi connectivity index (χ3n) is 4.23. The molecule has 1 fully saturated rings. The summed E-state index contributed by atoms with van der Waals surface area (Å²) in [7, 11) is 0.